The zero-order valence-corrected chi connectivity index (χ0v) is 15.1. The number of rotatable bonds is 4. The topological polar surface area (TPSA) is 82.8 Å². The van der Waals surface area contributed by atoms with Gasteiger partial charge in [0.15, 0.2) is 5.76 Å². The van der Waals surface area contributed by atoms with Gasteiger partial charge in [-0.1, -0.05) is 30.7 Å². The average Bonchev–Trinajstić information content (AvgIpc) is 3.38. The maximum absolute atomic E-state index is 13.1. The summed E-state index contributed by atoms with van der Waals surface area (Å²) < 4.78 is 5.28. The minimum absolute atomic E-state index is 0.0276. The molecule has 2 aromatic rings. The molecule has 0 saturated heterocycles. The Morgan fingerprint density at radius 1 is 1.15 bits per heavy atom. The molecule has 1 aliphatic heterocycles. The second-order valence-electron chi connectivity index (χ2n) is 7.39. The highest BCUT2D eigenvalue weighted by atomic mass is 16.3. The van der Waals surface area contributed by atoms with Gasteiger partial charge >= 0.3 is 0 Å². The lowest BCUT2D eigenvalue weighted by atomic mass is 9.92. The van der Waals surface area contributed by atoms with Gasteiger partial charge in [0.1, 0.15) is 6.04 Å². The fraction of sp³-hybridized carbons (Fsp3) is 0.429. The van der Waals surface area contributed by atoms with E-state index in [1.807, 2.05) is 24.3 Å². The number of fused-ring (bicyclic) bond motifs is 1. The van der Waals surface area contributed by atoms with E-state index in [-0.39, 0.29) is 36.1 Å². The van der Waals surface area contributed by atoms with Crippen LogP contribution in [0.1, 0.15) is 40.9 Å². The number of hydrogen-bond donors (Lipinski definition) is 2. The number of carbonyl (C=O) groups is 2. The van der Waals surface area contributed by atoms with Crippen molar-refractivity contribution in [3.63, 3.8) is 0 Å². The number of nitrogens with zero attached hydrogens (tertiary/aromatic N) is 1. The van der Waals surface area contributed by atoms with Gasteiger partial charge in [-0.15, -0.1) is 0 Å². The molecule has 2 N–H and O–H groups in total. The molecule has 6 nitrogen and oxygen atoms in total. The van der Waals surface area contributed by atoms with Crippen LogP contribution in [0.2, 0.25) is 0 Å². The fourth-order valence-corrected chi connectivity index (χ4v) is 4.24. The van der Waals surface area contributed by atoms with E-state index in [1.165, 1.54) is 6.26 Å². The van der Waals surface area contributed by atoms with Crippen LogP contribution in [0.4, 0.5) is 0 Å². The summed E-state index contributed by atoms with van der Waals surface area (Å²) in [5, 5.41) is 12.6. The second kappa shape index (κ2) is 7.56. The number of amides is 2. The molecule has 3 atom stereocenters. The van der Waals surface area contributed by atoms with Gasteiger partial charge in [0.2, 0.25) is 5.91 Å². The van der Waals surface area contributed by atoms with Gasteiger partial charge in [-0.2, -0.15) is 0 Å². The number of nitrogens with one attached hydrogen (secondary N) is 1. The van der Waals surface area contributed by atoms with Crippen molar-refractivity contribution in [3.05, 3.63) is 59.5 Å². The van der Waals surface area contributed by atoms with Crippen LogP contribution in [0.5, 0.6) is 0 Å². The molecule has 27 heavy (non-hydrogen) atoms. The molecule has 142 valence electrons. The van der Waals surface area contributed by atoms with Crippen molar-refractivity contribution >= 4 is 11.8 Å². The molecule has 2 heterocycles. The Morgan fingerprint density at radius 2 is 1.96 bits per heavy atom. The Labute approximate surface area is 158 Å². The number of aliphatic hydroxyl groups is 1. The normalized spacial score (nSPS) is 24.5. The van der Waals surface area contributed by atoms with E-state index in [0.29, 0.717) is 13.0 Å². The van der Waals surface area contributed by atoms with Gasteiger partial charge in [0, 0.05) is 31.5 Å². The van der Waals surface area contributed by atoms with Crippen molar-refractivity contribution < 1.29 is 19.1 Å². The van der Waals surface area contributed by atoms with Crippen molar-refractivity contribution in [1.29, 1.82) is 0 Å². The number of furan rings is 1. The van der Waals surface area contributed by atoms with Crippen LogP contribution >= 0.6 is 0 Å². The van der Waals surface area contributed by atoms with Gasteiger partial charge in [-0.25, -0.2) is 0 Å². The largest absolute Gasteiger partial charge is 0.459 e. The Balaban J connectivity index is 1.59. The Hall–Kier alpha value is -2.60. The zero-order valence-electron chi connectivity index (χ0n) is 15.1. The molecule has 0 unspecified atom stereocenters. The highest BCUT2D eigenvalue weighted by Gasteiger charge is 2.38. The Morgan fingerprint density at radius 3 is 2.70 bits per heavy atom. The summed E-state index contributed by atoms with van der Waals surface area (Å²) in [6, 6.07) is 10.6. The van der Waals surface area contributed by atoms with Crippen LogP contribution in [0.3, 0.4) is 0 Å². The summed E-state index contributed by atoms with van der Waals surface area (Å²) in [6.45, 7) is 0.454. The number of carbonyl (C=O) groups excluding carboxylic acids is 2. The maximum Gasteiger partial charge on any atom is 0.290 e. The van der Waals surface area contributed by atoms with Crippen LogP contribution in [0.25, 0.3) is 0 Å². The summed E-state index contributed by atoms with van der Waals surface area (Å²) >= 11 is 0. The minimum Gasteiger partial charge on any atom is -0.459 e. The molecular formula is C21H24N2O4. The van der Waals surface area contributed by atoms with Crippen molar-refractivity contribution in [2.45, 2.75) is 44.3 Å². The van der Waals surface area contributed by atoms with E-state index >= 15 is 0 Å². The van der Waals surface area contributed by atoms with Crippen LogP contribution in [-0.4, -0.2) is 40.5 Å². The molecule has 0 spiro atoms. The lowest BCUT2D eigenvalue weighted by molar-refractivity contribution is -0.127. The van der Waals surface area contributed by atoms with Crippen molar-refractivity contribution in [1.82, 2.24) is 10.2 Å². The monoisotopic (exact) mass is 368 g/mol. The molecule has 0 bridgehead atoms. The van der Waals surface area contributed by atoms with E-state index in [0.717, 1.165) is 30.4 Å². The lowest BCUT2D eigenvalue weighted by Crippen LogP contribution is -2.54. The van der Waals surface area contributed by atoms with E-state index in [4.69, 9.17) is 4.42 Å². The van der Waals surface area contributed by atoms with Crippen molar-refractivity contribution in [2.24, 2.45) is 5.92 Å². The zero-order chi connectivity index (χ0) is 18.8. The first-order chi connectivity index (χ1) is 13.2. The van der Waals surface area contributed by atoms with Crippen LogP contribution in [-0.2, 0) is 17.8 Å². The number of aliphatic hydroxyl groups excluding tert-OH is 1. The van der Waals surface area contributed by atoms with E-state index in [9.17, 15) is 14.7 Å². The molecule has 0 radical (unpaired) electrons. The first kappa shape index (κ1) is 17.8. The summed E-state index contributed by atoms with van der Waals surface area (Å²) in [5.74, 6) is -0.102. The molecule has 6 heteroatoms. The van der Waals surface area contributed by atoms with Crippen molar-refractivity contribution in [2.75, 3.05) is 6.61 Å². The third-order valence-corrected chi connectivity index (χ3v) is 5.77. The highest BCUT2D eigenvalue weighted by molar-refractivity contribution is 5.96. The summed E-state index contributed by atoms with van der Waals surface area (Å²) in [6.07, 6.45) is 4.73. The van der Waals surface area contributed by atoms with Crippen LogP contribution in [0.15, 0.2) is 47.1 Å². The third-order valence-electron chi connectivity index (χ3n) is 5.77. The van der Waals surface area contributed by atoms with Gasteiger partial charge in [-0.05, 0) is 36.1 Å². The second-order valence-corrected chi connectivity index (χ2v) is 7.39. The maximum atomic E-state index is 13.1. The molecular weight excluding hydrogens is 344 g/mol. The quantitative estimate of drug-likeness (QED) is 0.866. The minimum atomic E-state index is -0.586. The molecule has 4 rings (SSSR count). The average molecular weight is 368 g/mol. The molecule has 1 fully saturated rings. The van der Waals surface area contributed by atoms with Crippen molar-refractivity contribution in [3.8, 4) is 0 Å². The molecule has 1 aromatic heterocycles. The van der Waals surface area contributed by atoms with Crippen LogP contribution < -0.4 is 5.32 Å². The highest BCUT2D eigenvalue weighted by Crippen LogP contribution is 2.28. The Bertz CT molecular complexity index is 817. The first-order valence-electron chi connectivity index (χ1n) is 9.50. The summed E-state index contributed by atoms with van der Waals surface area (Å²) in [7, 11) is 0. The van der Waals surface area contributed by atoms with Gasteiger partial charge < -0.3 is 19.7 Å². The molecule has 2 amide bonds. The smallest absolute Gasteiger partial charge is 0.290 e. The SMILES string of the molecule is O=C(N[C@@H]1CCC[C@@H]1CO)[C@H]1Cc2ccccc2CN1C(=O)c1ccco1. The standard InChI is InChI=1S/C21H24N2O4/c24-13-16-7-3-8-17(16)22-20(25)18-11-14-5-1-2-6-15(14)12-23(18)21(26)19-9-4-10-27-19/h1-2,4-6,9-10,16-18,24H,3,7-8,11-13H2,(H,22,25)/t16-,17-,18-/m1/s1. The van der Waals surface area contributed by atoms with E-state index in [2.05, 4.69) is 5.32 Å². The Kier molecular flexibility index (Phi) is 4.99. The molecule has 1 aromatic carbocycles. The fourth-order valence-electron chi connectivity index (χ4n) is 4.24. The molecule has 2 aliphatic rings. The summed E-state index contributed by atoms with van der Waals surface area (Å²) in [5.41, 5.74) is 2.14. The lowest BCUT2D eigenvalue weighted by Gasteiger charge is -2.36. The number of benzene rings is 1. The van der Waals surface area contributed by atoms with E-state index < -0.39 is 6.04 Å². The van der Waals surface area contributed by atoms with Gasteiger partial charge in [-0.3, -0.25) is 9.59 Å². The number of hydrogen-bond acceptors (Lipinski definition) is 4. The first-order valence-corrected chi connectivity index (χ1v) is 9.50. The molecule has 1 aliphatic carbocycles. The molecule has 1 saturated carbocycles. The van der Waals surface area contributed by atoms with Gasteiger partial charge in [0.25, 0.3) is 5.91 Å². The van der Waals surface area contributed by atoms with Gasteiger partial charge in [0.05, 0.1) is 6.26 Å². The predicted molar refractivity (Wildman–Crippen MR) is 98.9 cm³/mol. The third kappa shape index (κ3) is 3.49. The van der Waals surface area contributed by atoms with E-state index in [1.54, 1.807) is 17.0 Å². The summed E-state index contributed by atoms with van der Waals surface area (Å²) in [4.78, 5) is 27.6. The predicted octanol–water partition coefficient (Wildman–Crippen LogP) is 2.12. The van der Waals surface area contributed by atoms with Crippen LogP contribution in [0, 0.1) is 5.92 Å².